The lowest BCUT2D eigenvalue weighted by Crippen LogP contribution is -2.27. The fourth-order valence-electron chi connectivity index (χ4n) is 2.82. The maximum Gasteiger partial charge on any atom is 0.252 e. The van der Waals surface area contributed by atoms with Crippen molar-refractivity contribution in [3.63, 3.8) is 0 Å². The molecule has 0 aliphatic heterocycles. The van der Waals surface area contributed by atoms with Crippen molar-refractivity contribution in [2.75, 3.05) is 11.0 Å². The number of benzene rings is 2. The highest BCUT2D eigenvalue weighted by atomic mass is 32.2. The molecule has 27 heavy (non-hydrogen) atoms. The van der Waals surface area contributed by atoms with Gasteiger partial charge in [0.1, 0.15) is 0 Å². The molecule has 0 aromatic heterocycles. The Bertz CT molecular complexity index is 927. The molecule has 0 fully saturated rings. The van der Waals surface area contributed by atoms with Gasteiger partial charge in [0.15, 0.2) is 0 Å². The van der Waals surface area contributed by atoms with E-state index in [0.29, 0.717) is 16.8 Å². The third kappa shape index (κ3) is 5.57. The first kappa shape index (κ1) is 21.0. The number of nitrogens with one attached hydrogen (secondary N) is 2. The van der Waals surface area contributed by atoms with E-state index in [1.54, 1.807) is 25.1 Å². The lowest BCUT2D eigenvalue weighted by Gasteiger charge is -2.21. The quantitative estimate of drug-likeness (QED) is 0.808. The number of amides is 1. The second kappa shape index (κ2) is 7.72. The summed E-state index contributed by atoms with van der Waals surface area (Å²) in [5.41, 5.74) is 3.78. The van der Waals surface area contributed by atoms with Crippen LogP contribution in [0.5, 0.6) is 0 Å². The molecule has 5 nitrogen and oxygen atoms in total. The van der Waals surface area contributed by atoms with Crippen LogP contribution in [0.2, 0.25) is 0 Å². The van der Waals surface area contributed by atoms with Crippen molar-refractivity contribution in [3.8, 4) is 0 Å². The Morgan fingerprint density at radius 1 is 1.04 bits per heavy atom. The van der Waals surface area contributed by atoms with Gasteiger partial charge >= 0.3 is 0 Å². The van der Waals surface area contributed by atoms with Crippen molar-refractivity contribution in [3.05, 3.63) is 64.7 Å². The van der Waals surface area contributed by atoms with E-state index in [4.69, 9.17) is 0 Å². The van der Waals surface area contributed by atoms with Crippen LogP contribution < -0.4 is 10.0 Å². The molecule has 6 heteroatoms. The molecule has 0 saturated heterocycles. The summed E-state index contributed by atoms with van der Waals surface area (Å²) < 4.78 is 25.4. The predicted octanol–water partition coefficient (Wildman–Crippen LogP) is 4.16. The number of carbonyl (C=O) groups is 1. The second-order valence-corrected chi connectivity index (χ2v) is 9.67. The van der Waals surface area contributed by atoms with Crippen molar-refractivity contribution in [2.24, 2.45) is 0 Å². The molecule has 0 bridgehead atoms. The van der Waals surface area contributed by atoms with Gasteiger partial charge in [0.2, 0.25) is 10.0 Å². The third-order valence-corrected chi connectivity index (χ3v) is 5.09. The van der Waals surface area contributed by atoms with Crippen LogP contribution in [0.25, 0.3) is 0 Å². The first-order chi connectivity index (χ1) is 12.4. The summed E-state index contributed by atoms with van der Waals surface area (Å²) in [5.74, 6) is -0.239. The maximum atomic E-state index is 12.7. The number of sulfonamides is 1. The standard InChI is InChI=1S/C21H28N2O3S/c1-14-18(8-7-9-19(14)23-27(6,25)26)20(24)22-15(2)16-10-12-17(13-11-16)21(3,4)5/h7-13,15,23H,1-6H3,(H,22,24)/t15-/m0/s1. The topological polar surface area (TPSA) is 75.3 Å². The zero-order valence-electron chi connectivity index (χ0n) is 16.8. The molecule has 146 valence electrons. The van der Waals surface area contributed by atoms with Gasteiger partial charge in [-0.05, 0) is 48.1 Å². The van der Waals surface area contributed by atoms with Gasteiger partial charge in [-0.25, -0.2) is 8.42 Å². The molecular weight excluding hydrogens is 360 g/mol. The minimum atomic E-state index is -3.41. The highest BCUT2D eigenvalue weighted by molar-refractivity contribution is 7.92. The van der Waals surface area contributed by atoms with Crippen LogP contribution in [-0.2, 0) is 15.4 Å². The summed E-state index contributed by atoms with van der Waals surface area (Å²) in [5, 5.41) is 2.99. The molecule has 2 aromatic carbocycles. The van der Waals surface area contributed by atoms with E-state index < -0.39 is 10.0 Å². The smallest absolute Gasteiger partial charge is 0.252 e. The van der Waals surface area contributed by atoms with Crippen molar-refractivity contribution in [1.82, 2.24) is 5.32 Å². The van der Waals surface area contributed by atoms with Gasteiger partial charge in [-0.15, -0.1) is 0 Å². The first-order valence-corrected chi connectivity index (χ1v) is 10.8. The average molecular weight is 389 g/mol. The average Bonchev–Trinajstić information content (AvgIpc) is 2.54. The number of carbonyl (C=O) groups excluding carboxylic acids is 1. The van der Waals surface area contributed by atoms with Crippen LogP contribution >= 0.6 is 0 Å². The van der Waals surface area contributed by atoms with Crippen LogP contribution in [0.3, 0.4) is 0 Å². The Morgan fingerprint density at radius 3 is 2.15 bits per heavy atom. The molecule has 2 rings (SSSR count). The minimum Gasteiger partial charge on any atom is -0.346 e. The van der Waals surface area contributed by atoms with Crippen molar-refractivity contribution < 1.29 is 13.2 Å². The van der Waals surface area contributed by atoms with Crippen molar-refractivity contribution >= 4 is 21.6 Å². The Morgan fingerprint density at radius 2 is 1.63 bits per heavy atom. The summed E-state index contributed by atoms with van der Waals surface area (Å²) in [6.07, 6.45) is 1.09. The Hall–Kier alpha value is -2.34. The van der Waals surface area contributed by atoms with Crippen LogP contribution in [0.4, 0.5) is 5.69 Å². The molecule has 0 saturated carbocycles. The molecule has 0 unspecified atom stereocenters. The zero-order chi connectivity index (χ0) is 20.4. The summed E-state index contributed by atoms with van der Waals surface area (Å²) in [6, 6.07) is 13.0. The van der Waals surface area contributed by atoms with E-state index in [-0.39, 0.29) is 17.4 Å². The minimum absolute atomic E-state index is 0.0786. The van der Waals surface area contributed by atoms with Crippen molar-refractivity contribution in [1.29, 1.82) is 0 Å². The third-order valence-electron chi connectivity index (χ3n) is 4.50. The highest BCUT2D eigenvalue weighted by Gasteiger charge is 2.17. The van der Waals surface area contributed by atoms with Crippen molar-refractivity contribution in [2.45, 2.75) is 46.1 Å². The van der Waals surface area contributed by atoms with Gasteiger partial charge in [-0.2, -0.15) is 0 Å². The summed E-state index contributed by atoms with van der Waals surface area (Å²) in [6.45, 7) is 10.1. The van der Waals surface area contributed by atoms with E-state index in [9.17, 15) is 13.2 Å². The largest absolute Gasteiger partial charge is 0.346 e. The van der Waals surface area contributed by atoms with E-state index in [2.05, 4.69) is 42.9 Å². The molecule has 2 aromatic rings. The molecule has 1 atom stereocenters. The fraction of sp³-hybridized carbons (Fsp3) is 0.381. The number of hydrogen-bond donors (Lipinski definition) is 2. The molecule has 0 aliphatic carbocycles. The fourth-order valence-corrected chi connectivity index (χ4v) is 3.44. The molecule has 1 amide bonds. The van der Waals surface area contributed by atoms with Crippen LogP contribution in [0, 0.1) is 6.92 Å². The zero-order valence-corrected chi connectivity index (χ0v) is 17.6. The maximum absolute atomic E-state index is 12.7. The number of rotatable bonds is 5. The molecule has 2 N–H and O–H groups in total. The van der Waals surface area contributed by atoms with Gasteiger partial charge in [-0.1, -0.05) is 51.1 Å². The summed E-state index contributed by atoms with van der Waals surface area (Å²) in [4.78, 5) is 12.7. The lowest BCUT2D eigenvalue weighted by molar-refractivity contribution is 0.0939. The SMILES string of the molecule is Cc1c(NS(C)(=O)=O)cccc1C(=O)N[C@@H](C)c1ccc(C(C)(C)C)cc1. The van der Waals surface area contributed by atoms with Crippen LogP contribution in [-0.4, -0.2) is 20.6 Å². The number of hydrogen-bond acceptors (Lipinski definition) is 3. The summed E-state index contributed by atoms with van der Waals surface area (Å²) in [7, 11) is -3.41. The van der Waals surface area contributed by atoms with Crippen LogP contribution in [0.1, 0.15) is 60.8 Å². The Labute approximate surface area is 162 Å². The second-order valence-electron chi connectivity index (χ2n) is 7.92. The predicted molar refractivity (Wildman–Crippen MR) is 111 cm³/mol. The van der Waals surface area contributed by atoms with Crippen LogP contribution in [0.15, 0.2) is 42.5 Å². The molecule has 0 aliphatic rings. The summed E-state index contributed by atoms with van der Waals surface area (Å²) >= 11 is 0. The molecule has 0 heterocycles. The molecule has 0 radical (unpaired) electrons. The Kier molecular flexibility index (Phi) is 6.00. The lowest BCUT2D eigenvalue weighted by atomic mass is 9.86. The van der Waals surface area contributed by atoms with Gasteiger partial charge < -0.3 is 5.32 Å². The van der Waals surface area contributed by atoms with Gasteiger partial charge in [0, 0.05) is 5.56 Å². The van der Waals surface area contributed by atoms with E-state index in [1.165, 1.54) is 5.56 Å². The number of anilines is 1. The molecular formula is C21H28N2O3S. The van der Waals surface area contributed by atoms with E-state index in [0.717, 1.165) is 11.8 Å². The first-order valence-electron chi connectivity index (χ1n) is 8.87. The molecule has 0 spiro atoms. The highest BCUT2D eigenvalue weighted by Crippen LogP contribution is 2.25. The Balaban J connectivity index is 2.18. The van der Waals surface area contributed by atoms with E-state index >= 15 is 0 Å². The monoisotopic (exact) mass is 388 g/mol. The normalized spacial score (nSPS) is 13.1. The van der Waals surface area contributed by atoms with Gasteiger partial charge in [0.25, 0.3) is 5.91 Å². The van der Waals surface area contributed by atoms with E-state index in [1.807, 2.05) is 19.1 Å². The van der Waals surface area contributed by atoms with Gasteiger partial charge in [-0.3, -0.25) is 9.52 Å². The van der Waals surface area contributed by atoms with Gasteiger partial charge in [0.05, 0.1) is 18.0 Å².